The number of rotatable bonds is 2. The maximum atomic E-state index is 4.65. The average molecular weight is 226 g/mol. The van der Waals surface area contributed by atoms with Crippen molar-refractivity contribution in [3.63, 3.8) is 0 Å². The molecule has 0 atom stereocenters. The topological polar surface area (TPSA) is 16.1 Å². The van der Waals surface area contributed by atoms with Crippen LogP contribution in [0.15, 0.2) is 24.8 Å². The van der Waals surface area contributed by atoms with Crippen LogP contribution in [0, 0.1) is 13.8 Å². The average Bonchev–Trinajstić information content (AvgIpc) is 2.29. The van der Waals surface area contributed by atoms with Crippen LogP contribution in [0.25, 0.3) is 17.0 Å². The smallest absolute Gasteiger partial charge is 0.0733 e. The van der Waals surface area contributed by atoms with E-state index >= 15 is 0 Å². The van der Waals surface area contributed by atoms with E-state index in [0.717, 1.165) is 11.2 Å². The van der Waals surface area contributed by atoms with Gasteiger partial charge in [-0.3, -0.25) is 0 Å². The van der Waals surface area contributed by atoms with Crippen LogP contribution in [0.2, 0.25) is 0 Å². The van der Waals surface area contributed by atoms with Gasteiger partial charge in [0.25, 0.3) is 0 Å². The Bertz CT molecular complexity index is 583. The van der Waals surface area contributed by atoms with Gasteiger partial charge in [0, 0.05) is 19.5 Å². The van der Waals surface area contributed by atoms with E-state index in [2.05, 4.69) is 56.5 Å². The van der Waals surface area contributed by atoms with Crippen LogP contribution in [-0.2, 0) is 0 Å². The monoisotopic (exact) mass is 226 g/mol. The molecule has 88 valence electrons. The molecule has 2 heteroatoms. The van der Waals surface area contributed by atoms with Crippen LogP contribution < -0.4 is 4.90 Å². The summed E-state index contributed by atoms with van der Waals surface area (Å²) in [6.45, 7) is 8.07. The highest BCUT2D eigenvalue weighted by molar-refractivity contribution is 5.97. The number of pyridine rings is 1. The first kappa shape index (κ1) is 11.6. The molecule has 0 N–H and O–H groups in total. The Balaban J connectivity index is 2.98. The SMILES string of the molecule is C=Cc1nc2cccc(C)c2c(N(C)C)c1C. The molecule has 0 amide bonds. The fourth-order valence-electron chi connectivity index (χ4n) is 2.33. The van der Waals surface area contributed by atoms with Crippen molar-refractivity contribution in [3.8, 4) is 0 Å². The zero-order valence-corrected chi connectivity index (χ0v) is 10.9. The van der Waals surface area contributed by atoms with E-state index in [4.69, 9.17) is 0 Å². The molecule has 1 aromatic carbocycles. The highest BCUT2D eigenvalue weighted by Gasteiger charge is 2.13. The minimum absolute atomic E-state index is 0.965. The predicted octanol–water partition coefficient (Wildman–Crippen LogP) is 3.56. The Morgan fingerprint density at radius 1 is 1.24 bits per heavy atom. The molecule has 0 aliphatic rings. The third-order valence-electron chi connectivity index (χ3n) is 3.11. The van der Waals surface area contributed by atoms with Crippen LogP contribution >= 0.6 is 0 Å². The van der Waals surface area contributed by atoms with E-state index in [9.17, 15) is 0 Å². The first-order valence-electron chi connectivity index (χ1n) is 5.76. The number of aromatic nitrogens is 1. The molecule has 0 fully saturated rings. The summed E-state index contributed by atoms with van der Waals surface area (Å²) in [4.78, 5) is 6.80. The number of fused-ring (bicyclic) bond motifs is 1. The Kier molecular flexibility index (Phi) is 2.88. The molecule has 0 bridgehead atoms. The Labute approximate surface area is 103 Å². The molecule has 0 radical (unpaired) electrons. The van der Waals surface area contributed by atoms with Crippen molar-refractivity contribution >= 4 is 22.7 Å². The lowest BCUT2D eigenvalue weighted by Gasteiger charge is -2.21. The number of nitrogens with zero attached hydrogens (tertiary/aromatic N) is 2. The summed E-state index contributed by atoms with van der Waals surface area (Å²) in [5.41, 5.74) is 5.69. The largest absolute Gasteiger partial charge is 0.377 e. The molecule has 0 unspecified atom stereocenters. The summed E-state index contributed by atoms with van der Waals surface area (Å²) >= 11 is 0. The van der Waals surface area contributed by atoms with E-state index < -0.39 is 0 Å². The lowest BCUT2D eigenvalue weighted by Crippen LogP contribution is -2.12. The third-order valence-corrected chi connectivity index (χ3v) is 3.11. The van der Waals surface area contributed by atoms with Crippen LogP contribution in [0.4, 0.5) is 5.69 Å². The second-order valence-electron chi connectivity index (χ2n) is 4.54. The van der Waals surface area contributed by atoms with Gasteiger partial charge in [-0.15, -0.1) is 0 Å². The summed E-state index contributed by atoms with van der Waals surface area (Å²) in [6.07, 6.45) is 1.82. The molecule has 1 heterocycles. The molecule has 2 aromatic rings. The second kappa shape index (κ2) is 4.21. The molecule has 1 aromatic heterocycles. The molecule has 0 aliphatic carbocycles. The summed E-state index contributed by atoms with van der Waals surface area (Å²) < 4.78 is 0. The molecule has 17 heavy (non-hydrogen) atoms. The fraction of sp³-hybridized carbons (Fsp3) is 0.267. The van der Waals surface area contributed by atoms with Crippen LogP contribution in [0.3, 0.4) is 0 Å². The fourth-order valence-corrected chi connectivity index (χ4v) is 2.33. The van der Waals surface area contributed by atoms with E-state index in [1.165, 1.54) is 22.2 Å². The van der Waals surface area contributed by atoms with Gasteiger partial charge >= 0.3 is 0 Å². The second-order valence-corrected chi connectivity index (χ2v) is 4.54. The van der Waals surface area contributed by atoms with Gasteiger partial charge in [0.15, 0.2) is 0 Å². The van der Waals surface area contributed by atoms with Crippen molar-refractivity contribution in [1.82, 2.24) is 4.98 Å². The minimum Gasteiger partial charge on any atom is -0.377 e. The van der Waals surface area contributed by atoms with Gasteiger partial charge in [0.05, 0.1) is 16.9 Å². The van der Waals surface area contributed by atoms with Crippen molar-refractivity contribution < 1.29 is 0 Å². The highest BCUT2D eigenvalue weighted by atomic mass is 15.1. The zero-order valence-electron chi connectivity index (χ0n) is 10.9. The summed E-state index contributed by atoms with van der Waals surface area (Å²) in [5.74, 6) is 0. The number of aryl methyl sites for hydroxylation is 1. The van der Waals surface area contributed by atoms with Crippen molar-refractivity contribution in [2.45, 2.75) is 13.8 Å². The first-order valence-corrected chi connectivity index (χ1v) is 5.76. The molecule has 2 rings (SSSR count). The maximum Gasteiger partial charge on any atom is 0.0733 e. The Morgan fingerprint density at radius 2 is 1.94 bits per heavy atom. The summed E-state index contributed by atoms with van der Waals surface area (Å²) in [7, 11) is 4.14. The first-order chi connectivity index (χ1) is 8.06. The van der Waals surface area contributed by atoms with Gasteiger partial charge < -0.3 is 4.90 Å². The van der Waals surface area contributed by atoms with Gasteiger partial charge in [-0.1, -0.05) is 18.7 Å². The standard InChI is InChI=1S/C15H18N2/c1-6-12-11(3)15(17(4)5)14-10(2)8-7-9-13(14)16-12/h6-9H,1H2,2-5H3. The number of hydrogen-bond acceptors (Lipinski definition) is 2. The lowest BCUT2D eigenvalue weighted by atomic mass is 10.0. The number of benzene rings is 1. The predicted molar refractivity (Wildman–Crippen MR) is 75.6 cm³/mol. The molecular weight excluding hydrogens is 208 g/mol. The maximum absolute atomic E-state index is 4.65. The van der Waals surface area contributed by atoms with Gasteiger partial charge in [-0.2, -0.15) is 0 Å². The van der Waals surface area contributed by atoms with E-state index in [1.807, 2.05) is 12.1 Å². The molecule has 0 saturated carbocycles. The molecule has 2 nitrogen and oxygen atoms in total. The van der Waals surface area contributed by atoms with Crippen molar-refractivity contribution in [1.29, 1.82) is 0 Å². The Hall–Kier alpha value is -1.83. The van der Waals surface area contributed by atoms with Crippen molar-refractivity contribution in [2.24, 2.45) is 0 Å². The number of hydrogen-bond donors (Lipinski definition) is 0. The van der Waals surface area contributed by atoms with Crippen LogP contribution in [-0.4, -0.2) is 19.1 Å². The van der Waals surface area contributed by atoms with Crippen molar-refractivity contribution in [2.75, 3.05) is 19.0 Å². The number of anilines is 1. The van der Waals surface area contributed by atoms with Gasteiger partial charge in [0.1, 0.15) is 0 Å². The Morgan fingerprint density at radius 3 is 2.53 bits per heavy atom. The van der Waals surface area contributed by atoms with E-state index in [1.54, 1.807) is 0 Å². The van der Waals surface area contributed by atoms with Gasteiger partial charge in [-0.05, 0) is 37.1 Å². The quantitative estimate of drug-likeness (QED) is 0.778. The van der Waals surface area contributed by atoms with Gasteiger partial charge in [-0.25, -0.2) is 4.98 Å². The molecule has 0 saturated heterocycles. The van der Waals surface area contributed by atoms with Gasteiger partial charge in [0.2, 0.25) is 0 Å². The normalized spacial score (nSPS) is 10.6. The summed E-state index contributed by atoms with van der Waals surface area (Å²) in [6, 6.07) is 6.23. The highest BCUT2D eigenvalue weighted by Crippen LogP contribution is 2.32. The third kappa shape index (κ3) is 1.80. The van der Waals surface area contributed by atoms with Crippen molar-refractivity contribution in [3.05, 3.63) is 41.6 Å². The van der Waals surface area contributed by atoms with E-state index in [0.29, 0.717) is 0 Å². The van der Waals surface area contributed by atoms with E-state index in [-0.39, 0.29) is 0 Å². The molecular formula is C15H18N2. The molecule has 0 aliphatic heterocycles. The van der Waals surface area contributed by atoms with Crippen LogP contribution in [0.1, 0.15) is 16.8 Å². The zero-order chi connectivity index (χ0) is 12.6. The lowest BCUT2D eigenvalue weighted by molar-refractivity contribution is 1.11. The summed E-state index contributed by atoms with van der Waals surface area (Å²) in [5, 5.41) is 1.24. The minimum atomic E-state index is 0.965. The molecule has 0 spiro atoms. The van der Waals surface area contributed by atoms with Crippen LogP contribution in [0.5, 0.6) is 0 Å².